The molecule has 2 aliphatic rings. The number of carbonyl (C=O) groups excluding carboxylic acids is 1. The molecule has 0 heterocycles. The highest BCUT2D eigenvalue weighted by atomic mass is 16.2. The summed E-state index contributed by atoms with van der Waals surface area (Å²) in [7, 11) is 4.11. The van der Waals surface area contributed by atoms with Crippen LogP contribution in [-0.2, 0) is 4.79 Å². The molecule has 2 N–H and O–H groups in total. The van der Waals surface area contributed by atoms with Gasteiger partial charge in [-0.25, -0.2) is 0 Å². The van der Waals surface area contributed by atoms with E-state index < -0.39 is 5.54 Å². The Balaban J connectivity index is 2.00. The summed E-state index contributed by atoms with van der Waals surface area (Å²) in [5.41, 5.74) is 5.68. The largest absolute Gasteiger partial charge is 0.337 e. The molecule has 0 unspecified atom stereocenters. The van der Waals surface area contributed by atoms with Crippen LogP contribution in [0.1, 0.15) is 44.9 Å². The lowest BCUT2D eigenvalue weighted by molar-refractivity contribution is -0.142. The van der Waals surface area contributed by atoms with Crippen molar-refractivity contribution in [3.8, 4) is 0 Å². The van der Waals surface area contributed by atoms with Crippen LogP contribution < -0.4 is 5.73 Å². The van der Waals surface area contributed by atoms with Gasteiger partial charge < -0.3 is 15.5 Å². The number of carbonyl (C=O) groups is 1. The minimum atomic E-state index is -0.533. The Labute approximate surface area is 110 Å². The lowest BCUT2D eigenvalue weighted by atomic mass is 9.76. The van der Waals surface area contributed by atoms with E-state index in [4.69, 9.17) is 5.73 Å². The molecule has 1 amide bonds. The second-order valence-corrected chi connectivity index (χ2v) is 6.25. The van der Waals surface area contributed by atoms with E-state index in [-0.39, 0.29) is 5.91 Å². The first kappa shape index (κ1) is 13.8. The van der Waals surface area contributed by atoms with Crippen LogP contribution in [0.4, 0.5) is 0 Å². The minimum Gasteiger partial charge on any atom is -0.337 e. The number of rotatable bonds is 5. The third-order valence-electron chi connectivity index (χ3n) is 4.49. The monoisotopic (exact) mass is 253 g/mol. The van der Waals surface area contributed by atoms with Gasteiger partial charge in [-0.2, -0.15) is 0 Å². The fourth-order valence-corrected chi connectivity index (χ4v) is 3.03. The van der Waals surface area contributed by atoms with E-state index in [1.165, 1.54) is 12.8 Å². The number of amides is 1. The molecule has 2 aliphatic carbocycles. The van der Waals surface area contributed by atoms with Gasteiger partial charge in [0.15, 0.2) is 0 Å². The summed E-state index contributed by atoms with van der Waals surface area (Å²) in [6, 6.07) is 0.443. The van der Waals surface area contributed by atoms with E-state index in [1.54, 1.807) is 0 Å². The van der Waals surface area contributed by atoms with Gasteiger partial charge in [-0.05, 0) is 46.2 Å². The Morgan fingerprint density at radius 1 is 1.17 bits per heavy atom. The first-order chi connectivity index (χ1) is 8.53. The molecule has 0 aromatic rings. The Morgan fingerprint density at radius 2 is 1.78 bits per heavy atom. The Hall–Kier alpha value is -0.610. The molecule has 0 bridgehead atoms. The highest BCUT2D eigenvalue weighted by Gasteiger charge is 2.44. The summed E-state index contributed by atoms with van der Waals surface area (Å²) >= 11 is 0. The summed E-state index contributed by atoms with van der Waals surface area (Å²) in [6.07, 6.45) is 7.69. The maximum Gasteiger partial charge on any atom is 0.242 e. The molecule has 2 fully saturated rings. The highest BCUT2D eigenvalue weighted by molar-refractivity contribution is 5.87. The Morgan fingerprint density at radius 3 is 2.22 bits per heavy atom. The van der Waals surface area contributed by atoms with Gasteiger partial charge in [0.25, 0.3) is 0 Å². The first-order valence-electron chi connectivity index (χ1n) is 7.28. The molecule has 104 valence electrons. The van der Waals surface area contributed by atoms with Gasteiger partial charge in [0.2, 0.25) is 5.91 Å². The zero-order valence-electron chi connectivity index (χ0n) is 11.8. The summed E-state index contributed by atoms with van der Waals surface area (Å²) in [4.78, 5) is 16.9. The number of hydrogen-bond acceptors (Lipinski definition) is 3. The number of nitrogens with zero attached hydrogens (tertiary/aromatic N) is 2. The molecule has 0 aromatic carbocycles. The summed E-state index contributed by atoms with van der Waals surface area (Å²) in [5.74, 6) is 0.211. The molecule has 2 saturated carbocycles. The fourth-order valence-electron chi connectivity index (χ4n) is 3.03. The predicted octanol–water partition coefficient (Wildman–Crippen LogP) is 1.20. The van der Waals surface area contributed by atoms with E-state index in [9.17, 15) is 4.79 Å². The van der Waals surface area contributed by atoms with Crippen LogP contribution in [0.15, 0.2) is 0 Å². The number of nitrogens with two attached hydrogens (primary N) is 1. The molecule has 0 saturated heterocycles. The second-order valence-electron chi connectivity index (χ2n) is 6.25. The van der Waals surface area contributed by atoms with Crippen molar-refractivity contribution >= 4 is 5.91 Å². The average Bonchev–Trinajstić information content (AvgIpc) is 2.79. The molecule has 4 nitrogen and oxygen atoms in total. The fraction of sp³-hybridized carbons (Fsp3) is 0.929. The Bertz CT molecular complexity index is 293. The highest BCUT2D eigenvalue weighted by Crippen LogP contribution is 2.33. The molecule has 4 heteroatoms. The van der Waals surface area contributed by atoms with Crippen molar-refractivity contribution in [1.82, 2.24) is 9.80 Å². The molecule has 0 aliphatic heterocycles. The number of likely N-dealkylation sites (N-methyl/N-ethyl adjacent to an activating group) is 1. The molecule has 2 rings (SSSR count). The van der Waals surface area contributed by atoms with Gasteiger partial charge in [-0.3, -0.25) is 4.79 Å². The van der Waals surface area contributed by atoms with E-state index in [2.05, 4.69) is 23.9 Å². The van der Waals surface area contributed by atoms with Crippen molar-refractivity contribution in [1.29, 1.82) is 0 Å². The van der Waals surface area contributed by atoms with Crippen molar-refractivity contribution in [2.45, 2.75) is 56.5 Å². The molecule has 18 heavy (non-hydrogen) atoms. The topological polar surface area (TPSA) is 49.6 Å². The molecule has 0 aromatic heterocycles. The smallest absolute Gasteiger partial charge is 0.242 e. The van der Waals surface area contributed by atoms with Crippen LogP contribution in [0.25, 0.3) is 0 Å². The van der Waals surface area contributed by atoms with E-state index in [0.29, 0.717) is 6.04 Å². The lowest BCUT2D eigenvalue weighted by Gasteiger charge is -2.42. The molecular formula is C14H27N3O. The zero-order chi connectivity index (χ0) is 13.2. The van der Waals surface area contributed by atoms with E-state index in [0.717, 1.165) is 45.2 Å². The van der Waals surface area contributed by atoms with Crippen molar-refractivity contribution < 1.29 is 4.79 Å². The molecule has 0 atom stereocenters. The van der Waals surface area contributed by atoms with Crippen molar-refractivity contribution in [3.63, 3.8) is 0 Å². The van der Waals surface area contributed by atoms with E-state index in [1.807, 2.05) is 0 Å². The maximum absolute atomic E-state index is 12.6. The normalized spacial score (nSPS) is 23.1. The summed E-state index contributed by atoms with van der Waals surface area (Å²) < 4.78 is 0. The van der Waals surface area contributed by atoms with Crippen molar-refractivity contribution in [3.05, 3.63) is 0 Å². The van der Waals surface area contributed by atoms with Crippen LogP contribution in [-0.4, -0.2) is 54.5 Å². The summed E-state index contributed by atoms with van der Waals surface area (Å²) in [6.45, 7) is 1.76. The second kappa shape index (κ2) is 5.57. The first-order valence-corrected chi connectivity index (χ1v) is 7.28. The van der Waals surface area contributed by atoms with Crippen LogP contribution in [0.3, 0.4) is 0 Å². The third-order valence-corrected chi connectivity index (χ3v) is 4.49. The van der Waals surface area contributed by atoms with Crippen LogP contribution in [0.2, 0.25) is 0 Å². The predicted molar refractivity (Wildman–Crippen MR) is 73.3 cm³/mol. The van der Waals surface area contributed by atoms with Gasteiger partial charge in [-0.1, -0.05) is 12.8 Å². The van der Waals surface area contributed by atoms with Crippen molar-refractivity contribution in [2.75, 3.05) is 27.2 Å². The number of hydrogen-bond donors (Lipinski definition) is 1. The van der Waals surface area contributed by atoms with Crippen LogP contribution >= 0.6 is 0 Å². The average molecular weight is 253 g/mol. The standard InChI is InChI=1S/C14H27N3O/c1-16(2)10-11-17(12-6-3-4-7-12)13(18)14(15)8-5-9-14/h12H,3-11,15H2,1-2H3. The summed E-state index contributed by atoms with van der Waals surface area (Å²) in [5, 5.41) is 0. The van der Waals surface area contributed by atoms with Crippen LogP contribution in [0, 0.1) is 0 Å². The lowest BCUT2D eigenvalue weighted by Crippen LogP contribution is -2.61. The van der Waals surface area contributed by atoms with Gasteiger partial charge in [-0.15, -0.1) is 0 Å². The zero-order valence-corrected chi connectivity index (χ0v) is 11.8. The van der Waals surface area contributed by atoms with Crippen molar-refractivity contribution in [2.24, 2.45) is 5.73 Å². The van der Waals surface area contributed by atoms with Gasteiger partial charge in [0.1, 0.15) is 0 Å². The quantitative estimate of drug-likeness (QED) is 0.801. The SMILES string of the molecule is CN(C)CCN(C(=O)C1(N)CCC1)C1CCCC1. The minimum absolute atomic E-state index is 0.211. The van der Waals surface area contributed by atoms with Gasteiger partial charge in [0, 0.05) is 19.1 Å². The molecule has 0 radical (unpaired) electrons. The van der Waals surface area contributed by atoms with Crippen LogP contribution in [0.5, 0.6) is 0 Å². The molecule has 0 spiro atoms. The van der Waals surface area contributed by atoms with Gasteiger partial charge >= 0.3 is 0 Å². The third kappa shape index (κ3) is 2.86. The molecular weight excluding hydrogens is 226 g/mol. The van der Waals surface area contributed by atoms with E-state index >= 15 is 0 Å². The Kier molecular flexibility index (Phi) is 4.28. The maximum atomic E-state index is 12.6. The van der Waals surface area contributed by atoms with Gasteiger partial charge in [0.05, 0.1) is 5.54 Å².